The summed E-state index contributed by atoms with van der Waals surface area (Å²) in [7, 11) is 1.66. The molecule has 1 atom stereocenters. The Balaban J connectivity index is 3.62. The molecule has 4 nitrogen and oxygen atoms in total. The number of hydrogen-bond donors (Lipinski definition) is 2. The van der Waals surface area contributed by atoms with Crippen molar-refractivity contribution >= 4 is 5.91 Å². The van der Waals surface area contributed by atoms with Crippen molar-refractivity contribution in [3.05, 3.63) is 0 Å². The molecule has 15 heavy (non-hydrogen) atoms. The van der Waals surface area contributed by atoms with E-state index in [4.69, 9.17) is 0 Å². The molecule has 4 heteroatoms. The summed E-state index contributed by atoms with van der Waals surface area (Å²) in [5, 5.41) is 5.83. The van der Waals surface area contributed by atoms with Crippen LogP contribution in [0, 0.1) is 0 Å². The second-order valence-electron chi connectivity index (χ2n) is 3.72. The van der Waals surface area contributed by atoms with Crippen molar-refractivity contribution in [2.45, 2.75) is 33.2 Å². The molecule has 0 spiro atoms. The van der Waals surface area contributed by atoms with E-state index in [-0.39, 0.29) is 11.9 Å². The van der Waals surface area contributed by atoms with Gasteiger partial charge in [-0.05, 0) is 26.4 Å². The molecule has 0 aliphatic rings. The first-order valence-corrected chi connectivity index (χ1v) is 5.83. The first-order valence-electron chi connectivity index (χ1n) is 5.83. The van der Waals surface area contributed by atoms with Gasteiger partial charge in [-0.2, -0.15) is 0 Å². The van der Waals surface area contributed by atoms with Gasteiger partial charge < -0.3 is 15.5 Å². The Morgan fingerprint density at radius 3 is 2.47 bits per heavy atom. The number of carbonyl (C=O) groups excluding carboxylic acids is 1. The molecule has 0 fully saturated rings. The zero-order chi connectivity index (χ0) is 11.7. The van der Waals surface area contributed by atoms with Crippen LogP contribution in [0.4, 0.5) is 0 Å². The van der Waals surface area contributed by atoms with Gasteiger partial charge in [0.1, 0.15) is 0 Å². The third-order valence-corrected chi connectivity index (χ3v) is 2.51. The van der Waals surface area contributed by atoms with Crippen LogP contribution in [0.15, 0.2) is 0 Å². The maximum absolute atomic E-state index is 11.2. The molecule has 2 N–H and O–H groups in total. The molecule has 0 aromatic rings. The number of rotatable bonds is 8. The number of nitrogens with zero attached hydrogens (tertiary/aromatic N) is 1. The third kappa shape index (κ3) is 6.47. The minimum Gasteiger partial charge on any atom is -0.358 e. The molecule has 0 heterocycles. The predicted octanol–water partition coefficient (Wildman–Crippen LogP) is 0.442. The number of likely N-dealkylation sites (N-methyl/N-ethyl adjacent to an activating group) is 2. The Kier molecular flexibility index (Phi) is 8.33. The number of amides is 1. The summed E-state index contributed by atoms with van der Waals surface area (Å²) in [4.78, 5) is 13.6. The van der Waals surface area contributed by atoms with Gasteiger partial charge in [0.25, 0.3) is 0 Å². The van der Waals surface area contributed by atoms with Crippen molar-refractivity contribution in [1.29, 1.82) is 0 Å². The molecule has 90 valence electrons. The number of carbonyl (C=O) groups is 1. The van der Waals surface area contributed by atoms with E-state index in [1.54, 1.807) is 7.05 Å². The lowest BCUT2D eigenvalue weighted by Crippen LogP contribution is -2.43. The van der Waals surface area contributed by atoms with Gasteiger partial charge in [-0.15, -0.1) is 0 Å². The van der Waals surface area contributed by atoms with Gasteiger partial charge in [-0.3, -0.25) is 4.79 Å². The van der Waals surface area contributed by atoms with E-state index in [1.807, 2.05) is 6.92 Å². The highest BCUT2D eigenvalue weighted by atomic mass is 16.2. The largest absolute Gasteiger partial charge is 0.358 e. The van der Waals surface area contributed by atoms with E-state index >= 15 is 0 Å². The standard InChI is InChI=1S/C11H25N3O/c1-5-8-14(6-2)9-7-13-10(3)11(15)12-4/h10,13H,5-9H2,1-4H3,(H,12,15). The zero-order valence-electron chi connectivity index (χ0n) is 10.5. The highest BCUT2D eigenvalue weighted by Crippen LogP contribution is 1.90. The van der Waals surface area contributed by atoms with Crippen LogP contribution < -0.4 is 10.6 Å². The molecular formula is C11H25N3O. The lowest BCUT2D eigenvalue weighted by molar-refractivity contribution is -0.122. The Hall–Kier alpha value is -0.610. The Morgan fingerprint density at radius 2 is 2.00 bits per heavy atom. The minimum absolute atomic E-state index is 0.0496. The fourth-order valence-electron chi connectivity index (χ4n) is 1.49. The first-order chi connectivity index (χ1) is 7.15. The molecule has 1 amide bonds. The van der Waals surface area contributed by atoms with Crippen LogP contribution in [0.2, 0.25) is 0 Å². The van der Waals surface area contributed by atoms with E-state index in [2.05, 4.69) is 29.4 Å². The van der Waals surface area contributed by atoms with Crippen LogP contribution >= 0.6 is 0 Å². The van der Waals surface area contributed by atoms with Gasteiger partial charge in [-0.25, -0.2) is 0 Å². The van der Waals surface area contributed by atoms with E-state index < -0.39 is 0 Å². The summed E-state index contributed by atoms with van der Waals surface area (Å²) in [6, 6.07) is -0.102. The van der Waals surface area contributed by atoms with Crippen molar-refractivity contribution < 1.29 is 4.79 Å². The fourth-order valence-corrected chi connectivity index (χ4v) is 1.49. The van der Waals surface area contributed by atoms with Crippen LogP contribution in [0.1, 0.15) is 27.2 Å². The highest BCUT2D eigenvalue weighted by Gasteiger charge is 2.09. The van der Waals surface area contributed by atoms with Crippen LogP contribution in [0.3, 0.4) is 0 Å². The van der Waals surface area contributed by atoms with E-state index in [0.29, 0.717) is 0 Å². The summed E-state index contributed by atoms with van der Waals surface area (Å²) in [6.07, 6.45) is 1.18. The van der Waals surface area contributed by atoms with Crippen molar-refractivity contribution in [2.24, 2.45) is 0 Å². The maximum Gasteiger partial charge on any atom is 0.236 e. The Labute approximate surface area is 93.4 Å². The van der Waals surface area contributed by atoms with E-state index in [9.17, 15) is 4.79 Å². The van der Waals surface area contributed by atoms with Gasteiger partial charge in [0.15, 0.2) is 0 Å². The molecule has 0 bridgehead atoms. The van der Waals surface area contributed by atoms with E-state index in [0.717, 1.165) is 26.2 Å². The predicted molar refractivity (Wildman–Crippen MR) is 63.9 cm³/mol. The second-order valence-corrected chi connectivity index (χ2v) is 3.72. The molecule has 0 rings (SSSR count). The van der Waals surface area contributed by atoms with Crippen LogP contribution in [0.25, 0.3) is 0 Å². The molecule has 0 saturated heterocycles. The third-order valence-electron chi connectivity index (χ3n) is 2.51. The average Bonchev–Trinajstić information content (AvgIpc) is 2.26. The van der Waals surface area contributed by atoms with Crippen molar-refractivity contribution in [2.75, 3.05) is 33.2 Å². The SMILES string of the molecule is CCCN(CC)CCNC(C)C(=O)NC. The van der Waals surface area contributed by atoms with Gasteiger partial charge >= 0.3 is 0 Å². The molecule has 0 saturated carbocycles. The molecule has 0 aliphatic heterocycles. The van der Waals surface area contributed by atoms with E-state index in [1.165, 1.54) is 6.42 Å². The molecule has 0 aliphatic carbocycles. The van der Waals surface area contributed by atoms with Gasteiger partial charge in [0, 0.05) is 20.1 Å². The van der Waals surface area contributed by atoms with Crippen molar-refractivity contribution in [3.63, 3.8) is 0 Å². The van der Waals surface area contributed by atoms with Crippen molar-refractivity contribution in [1.82, 2.24) is 15.5 Å². The first kappa shape index (κ1) is 14.4. The lowest BCUT2D eigenvalue weighted by atomic mass is 10.3. The molecule has 0 radical (unpaired) electrons. The van der Waals surface area contributed by atoms with Gasteiger partial charge in [0.2, 0.25) is 5.91 Å². The molecule has 1 unspecified atom stereocenters. The number of hydrogen-bond acceptors (Lipinski definition) is 3. The topological polar surface area (TPSA) is 44.4 Å². The maximum atomic E-state index is 11.2. The minimum atomic E-state index is -0.102. The molecular weight excluding hydrogens is 190 g/mol. The summed E-state index contributed by atoms with van der Waals surface area (Å²) in [5.41, 5.74) is 0. The molecule has 0 aromatic carbocycles. The second kappa shape index (κ2) is 8.68. The van der Waals surface area contributed by atoms with Crippen LogP contribution in [-0.2, 0) is 4.79 Å². The molecule has 0 aromatic heterocycles. The smallest absolute Gasteiger partial charge is 0.236 e. The normalized spacial score (nSPS) is 12.9. The summed E-state index contributed by atoms with van der Waals surface area (Å²) in [5.74, 6) is 0.0496. The zero-order valence-corrected chi connectivity index (χ0v) is 10.5. The summed E-state index contributed by atoms with van der Waals surface area (Å²) >= 11 is 0. The quantitative estimate of drug-likeness (QED) is 0.617. The average molecular weight is 215 g/mol. The Morgan fingerprint density at radius 1 is 1.33 bits per heavy atom. The Bertz CT molecular complexity index is 173. The highest BCUT2D eigenvalue weighted by molar-refractivity contribution is 5.80. The monoisotopic (exact) mass is 215 g/mol. The number of nitrogens with one attached hydrogen (secondary N) is 2. The van der Waals surface area contributed by atoms with Gasteiger partial charge in [-0.1, -0.05) is 13.8 Å². The van der Waals surface area contributed by atoms with Crippen LogP contribution in [0.5, 0.6) is 0 Å². The van der Waals surface area contributed by atoms with Gasteiger partial charge in [0.05, 0.1) is 6.04 Å². The van der Waals surface area contributed by atoms with Crippen LogP contribution in [-0.4, -0.2) is 50.1 Å². The van der Waals surface area contributed by atoms with Crippen molar-refractivity contribution in [3.8, 4) is 0 Å². The summed E-state index contributed by atoms with van der Waals surface area (Å²) < 4.78 is 0. The fraction of sp³-hybridized carbons (Fsp3) is 0.909. The summed E-state index contributed by atoms with van der Waals surface area (Å²) in [6.45, 7) is 10.3. The lowest BCUT2D eigenvalue weighted by Gasteiger charge is -2.20.